The van der Waals surface area contributed by atoms with Gasteiger partial charge in [-0.05, 0) is 76.4 Å². The summed E-state index contributed by atoms with van der Waals surface area (Å²) in [6, 6.07) is 17.3. The minimum Gasteiger partial charge on any atom is -0.473 e. The van der Waals surface area contributed by atoms with Crippen molar-refractivity contribution >= 4 is 11.9 Å². The number of carboxylic acids is 2. The Bertz CT molecular complexity index is 866. The van der Waals surface area contributed by atoms with Crippen LogP contribution in [-0.2, 0) is 21.6 Å². The van der Waals surface area contributed by atoms with Crippen LogP contribution < -0.4 is 0 Å². The lowest BCUT2D eigenvalue weighted by atomic mass is 9.73. The van der Waals surface area contributed by atoms with E-state index in [0.717, 1.165) is 44.2 Å². The van der Waals surface area contributed by atoms with E-state index in [1.165, 1.54) is 16.7 Å². The second kappa shape index (κ2) is 11.1. The molecule has 3 rings (SSSR count). The number of aliphatic carboxylic acids is 2. The first-order valence-electron chi connectivity index (χ1n) is 10.6. The molecule has 0 aliphatic heterocycles. The number of hydrogen-bond acceptors (Lipinski definition) is 4. The van der Waals surface area contributed by atoms with E-state index >= 15 is 0 Å². The van der Waals surface area contributed by atoms with E-state index in [-0.39, 0.29) is 5.92 Å². The first-order valence-corrected chi connectivity index (χ1v) is 10.6. The highest BCUT2D eigenvalue weighted by Gasteiger charge is 2.41. The summed E-state index contributed by atoms with van der Waals surface area (Å²) in [5.41, 5.74) is 4.24. The van der Waals surface area contributed by atoms with Crippen LogP contribution >= 0.6 is 0 Å². The van der Waals surface area contributed by atoms with Crippen molar-refractivity contribution < 1.29 is 24.9 Å². The lowest BCUT2D eigenvalue weighted by molar-refractivity contribution is -0.159. The molecule has 0 fully saturated rings. The zero-order valence-corrected chi connectivity index (χ0v) is 18.5. The quantitative estimate of drug-likeness (QED) is 0.496. The Labute approximate surface area is 184 Å². The molecule has 0 bridgehead atoms. The molecular weight excluding hydrogens is 394 g/mol. The number of fused-ring (bicyclic) bond motifs is 1. The molecule has 1 aliphatic rings. The lowest BCUT2D eigenvalue weighted by Crippen LogP contribution is -2.34. The fourth-order valence-corrected chi connectivity index (χ4v) is 4.30. The van der Waals surface area contributed by atoms with Crippen LogP contribution in [0.4, 0.5) is 0 Å². The zero-order valence-electron chi connectivity index (χ0n) is 18.5. The lowest BCUT2D eigenvalue weighted by Gasteiger charge is -2.37. The molecule has 0 saturated heterocycles. The van der Waals surface area contributed by atoms with Crippen LogP contribution in [0.3, 0.4) is 0 Å². The smallest absolute Gasteiger partial charge is 0.414 e. The molecule has 0 radical (unpaired) electrons. The van der Waals surface area contributed by atoms with Gasteiger partial charge in [0.15, 0.2) is 0 Å². The van der Waals surface area contributed by atoms with Crippen LogP contribution in [0, 0.1) is 6.92 Å². The Morgan fingerprint density at radius 3 is 2.23 bits per heavy atom. The van der Waals surface area contributed by atoms with Crippen LogP contribution in [-0.4, -0.2) is 52.8 Å². The van der Waals surface area contributed by atoms with Gasteiger partial charge in [0.1, 0.15) is 0 Å². The van der Waals surface area contributed by atoms with Crippen molar-refractivity contribution in [2.75, 3.05) is 20.6 Å². The molecule has 168 valence electrons. The van der Waals surface area contributed by atoms with E-state index in [1.54, 1.807) is 0 Å². The maximum Gasteiger partial charge on any atom is 0.414 e. The first-order chi connectivity index (χ1) is 14.6. The third-order valence-electron chi connectivity index (χ3n) is 5.83. The molecule has 6 heteroatoms. The molecule has 2 aromatic carbocycles. The van der Waals surface area contributed by atoms with E-state index in [4.69, 9.17) is 19.8 Å². The van der Waals surface area contributed by atoms with Gasteiger partial charge in [0, 0.05) is 5.92 Å². The zero-order chi connectivity index (χ0) is 23.0. The van der Waals surface area contributed by atoms with Gasteiger partial charge in [0.25, 0.3) is 0 Å². The molecule has 0 amide bonds. The van der Waals surface area contributed by atoms with Gasteiger partial charge in [-0.25, -0.2) is 9.59 Å². The van der Waals surface area contributed by atoms with Gasteiger partial charge < -0.3 is 20.2 Å². The van der Waals surface area contributed by atoms with Crippen molar-refractivity contribution in [3.8, 4) is 0 Å². The minimum absolute atomic E-state index is 0.166. The Kier molecular flexibility index (Phi) is 8.77. The van der Waals surface area contributed by atoms with Crippen molar-refractivity contribution in [1.29, 1.82) is 0 Å². The number of rotatable bonds is 5. The summed E-state index contributed by atoms with van der Waals surface area (Å²) in [5.74, 6) is -3.48. The fourth-order valence-electron chi connectivity index (χ4n) is 4.30. The van der Waals surface area contributed by atoms with E-state index in [2.05, 4.69) is 74.4 Å². The normalized spacial score (nSPS) is 20.2. The van der Waals surface area contributed by atoms with Crippen molar-refractivity contribution in [3.05, 3.63) is 70.8 Å². The predicted octanol–water partition coefficient (Wildman–Crippen LogP) is 3.80. The van der Waals surface area contributed by atoms with E-state index in [0.29, 0.717) is 0 Å². The van der Waals surface area contributed by atoms with Crippen molar-refractivity contribution in [2.24, 2.45) is 0 Å². The molecule has 2 atom stereocenters. The Morgan fingerprint density at radius 1 is 1.03 bits per heavy atom. The predicted molar refractivity (Wildman–Crippen MR) is 120 cm³/mol. The third kappa shape index (κ3) is 6.64. The summed E-state index contributed by atoms with van der Waals surface area (Å²) < 4.78 is 0. The minimum atomic E-state index is -1.82. The number of carboxylic acid groups (broad SMARTS) is 2. The second-order valence-electron chi connectivity index (χ2n) is 8.45. The maximum absolute atomic E-state index is 12.0. The Balaban J connectivity index is 0.000000501. The van der Waals surface area contributed by atoms with Crippen LogP contribution in [0.5, 0.6) is 0 Å². The highest BCUT2D eigenvalue weighted by molar-refractivity contribution is 6.27. The van der Waals surface area contributed by atoms with Crippen LogP contribution in [0.1, 0.15) is 53.9 Å². The SMILES string of the molecule is Cc1ccc([C@@H]2CCCc3ccccc3[C@@]2(O)CCCN(C)C)cc1.O=C(O)C(=O)O. The summed E-state index contributed by atoms with van der Waals surface area (Å²) in [7, 11) is 4.20. The second-order valence-corrected chi connectivity index (χ2v) is 8.45. The number of hydrogen-bond donors (Lipinski definition) is 3. The Morgan fingerprint density at radius 2 is 1.65 bits per heavy atom. The van der Waals surface area contributed by atoms with E-state index < -0.39 is 17.5 Å². The van der Waals surface area contributed by atoms with Gasteiger partial charge in [-0.3, -0.25) is 0 Å². The number of benzene rings is 2. The van der Waals surface area contributed by atoms with Gasteiger partial charge in [-0.2, -0.15) is 0 Å². The van der Waals surface area contributed by atoms with Crippen molar-refractivity contribution in [2.45, 2.75) is 50.5 Å². The third-order valence-corrected chi connectivity index (χ3v) is 5.83. The fraction of sp³-hybridized carbons (Fsp3) is 0.440. The molecule has 0 saturated carbocycles. The van der Waals surface area contributed by atoms with Gasteiger partial charge >= 0.3 is 11.9 Å². The number of aryl methyl sites for hydroxylation is 2. The summed E-state index contributed by atoms with van der Waals surface area (Å²) in [6.07, 6.45) is 5.04. The highest BCUT2D eigenvalue weighted by atomic mass is 16.4. The monoisotopic (exact) mass is 427 g/mol. The molecular formula is C25H33NO5. The standard InChI is InChI=1S/C23H31NO.C2H2O4/c1-18-12-14-20(15-13-18)22-11-6-9-19-8-4-5-10-21(19)23(22,25)16-7-17-24(2)3;3-1(4)2(5)6/h4-5,8,10,12-15,22,25H,6-7,9,11,16-17H2,1-3H3;(H,3,4)(H,5,6)/t22-,23-;/m0./s1. The van der Waals surface area contributed by atoms with Crippen molar-refractivity contribution in [1.82, 2.24) is 4.90 Å². The largest absolute Gasteiger partial charge is 0.473 e. The highest BCUT2D eigenvalue weighted by Crippen LogP contribution is 2.47. The molecule has 1 aliphatic carbocycles. The molecule has 31 heavy (non-hydrogen) atoms. The molecule has 0 heterocycles. The Hall–Kier alpha value is -2.70. The molecule has 3 N–H and O–H groups in total. The molecule has 0 spiro atoms. The molecule has 0 aromatic heterocycles. The van der Waals surface area contributed by atoms with E-state index in [9.17, 15) is 5.11 Å². The summed E-state index contributed by atoms with van der Waals surface area (Å²) in [6.45, 7) is 3.13. The first kappa shape index (κ1) is 24.6. The number of nitrogens with zero attached hydrogens (tertiary/aromatic N) is 1. The summed E-state index contributed by atoms with van der Waals surface area (Å²) in [4.78, 5) is 20.4. The van der Waals surface area contributed by atoms with Crippen molar-refractivity contribution in [3.63, 3.8) is 0 Å². The van der Waals surface area contributed by atoms with E-state index in [1.807, 2.05) is 0 Å². The number of aliphatic hydroxyl groups is 1. The van der Waals surface area contributed by atoms with Gasteiger partial charge in [0.05, 0.1) is 5.60 Å². The molecule has 0 unspecified atom stereocenters. The van der Waals surface area contributed by atoms with Gasteiger partial charge in [0.2, 0.25) is 0 Å². The van der Waals surface area contributed by atoms with Crippen LogP contribution in [0.25, 0.3) is 0 Å². The van der Waals surface area contributed by atoms with Crippen LogP contribution in [0.2, 0.25) is 0 Å². The molecule has 6 nitrogen and oxygen atoms in total. The topological polar surface area (TPSA) is 98.1 Å². The average molecular weight is 428 g/mol. The molecule has 2 aromatic rings. The van der Waals surface area contributed by atoms with Crippen LogP contribution in [0.15, 0.2) is 48.5 Å². The number of carbonyl (C=O) groups is 2. The van der Waals surface area contributed by atoms with Gasteiger partial charge in [-0.15, -0.1) is 0 Å². The summed E-state index contributed by atoms with van der Waals surface area (Å²) >= 11 is 0. The summed E-state index contributed by atoms with van der Waals surface area (Å²) in [5, 5.41) is 26.8. The van der Waals surface area contributed by atoms with Gasteiger partial charge in [-0.1, -0.05) is 54.1 Å². The maximum atomic E-state index is 12.0. The average Bonchev–Trinajstić information content (AvgIpc) is 2.86.